The van der Waals surface area contributed by atoms with Gasteiger partial charge in [0.15, 0.2) is 0 Å². The Morgan fingerprint density at radius 3 is 1.26 bits per heavy atom. The lowest BCUT2D eigenvalue weighted by atomic mass is 10.2. The van der Waals surface area contributed by atoms with E-state index in [4.69, 9.17) is 4.74 Å². The highest BCUT2D eigenvalue weighted by atomic mass is 32.2. The molecule has 0 N–H and O–H groups in total. The van der Waals surface area contributed by atoms with Crippen molar-refractivity contribution in [2.24, 2.45) is 0 Å². The molecule has 0 spiro atoms. The summed E-state index contributed by atoms with van der Waals surface area (Å²) in [7, 11) is -3.32. The van der Waals surface area contributed by atoms with Gasteiger partial charge in [0.05, 0.1) is 26.1 Å². The van der Waals surface area contributed by atoms with Crippen molar-refractivity contribution in [1.82, 2.24) is 0 Å². The van der Waals surface area contributed by atoms with Crippen LogP contribution in [-0.4, -0.2) is 14.7 Å². The van der Waals surface area contributed by atoms with Crippen molar-refractivity contribution in [3.8, 4) is 0 Å². The first-order valence-corrected chi connectivity index (χ1v) is 10.4. The van der Waals surface area contributed by atoms with Crippen molar-refractivity contribution >= 4 is 10.1 Å². The van der Waals surface area contributed by atoms with Gasteiger partial charge in [-0.25, -0.2) is 0 Å². The van der Waals surface area contributed by atoms with E-state index in [0.29, 0.717) is 13.2 Å². The molecule has 3 aromatic carbocycles. The van der Waals surface area contributed by atoms with Gasteiger partial charge in [0.2, 0.25) is 0 Å². The molecule has 0 aliphatic rings. The third-order valence-electron chi connectivity index (χ3n) is 3.51. The highest BCUT2D eigenvalue weighted by molar-refractivity contribution is 7.85. The molecule has 0 fully saturated rings. The quantitative estimate of drug-likeness (QED) is 0.560. The minimum absolute atomic E-state index is 0.111. The summed E-state index contributed by atoms with van der Waals surface area (Å²) in [4.78, 5) is 0. The van der Waals surface area contributed by atoms with Gasteiger partial charge in [-0.15, -0.1) is 0 Å². The van der Waals surface area contributed by atoms with E-state index in [1.165, 1.54) is 11.1 Å². The largest absolute Gasteiger partial charge is 0.372 e. The van der Waals surface area contributed by atoms with Crippen LogP contribution < -0.4 is 0 Å². The molecule has 0 bridgehead atoms. The molecule has 0 radical (unpaired) electrons. The molecule has 0 saturated carbocycles. The van der Waals surface area contributed by atoms with Crippen LogP contribution in [0.3, 0.4) is 0 Å². The van der Waals surface area contributed by atoms with Gasteiger partial charge in [0.1, 0.15) is 0 Å². The van der Waals surface area contributed by atoms with E-state index in [1.54, 1.807) is 0 Å². The fourth-order valence-corrected chi connectivity index (χ4v) is 2.53. The topological polar surface area (TPSA) is 52.6 Å². The van der Waals surface area contributed by atoms with Gasteiger partial charge in [-0.2, -0.15) is 8.42 Å². The molecule has 4 nitrogen and oxygen atoms in total. The van der Waals surface area contributed by atoms with E-state index >= 15 is 0 Å². The Labute approximate surface area is 161 Å². The van der Waals surface area contributed by atoms with E-state index < -0.39 is 10.1 Å². The maximum Gasteiger partial charge on any atom is 0.264 e. The van der Waals surface area contributed by atoms with Crippen LogP contribution in [0.2, 0.25) is 0 Å². The van der Waals surface area contributed by atoms with Crippen molar-refractivity contribution in [3.63, 3.8) is 0 Å². The molecular weight excluding hydrogens is 360 g/mol. The normalized spacial score (nSPS) is 10.7. The maximum absolute atomic E-state index is 10.6. The number of hydrogen-bond donors (Lipinski definition) is 0. The monoisotopic (exact) mass is 384 g/mol. The molecule has 3 rings (SSSR count). The second-order valence-corrected chi connectivity index (χ2v) is 7.56. The van der Waals surface area contributed by atoms with Crippen molar-refractivity contribution < 1.29 is 17.3 Å². The molecule has 0 saturated heterocycles. The van der Waals surface area contributed by atoms with E-state index in [-0.39, 0.29) is 6.61 Å². The number of ether oxygens (including phenoxy) is 1. The third-order valence-corrected chi connectivity index (χ3v) is 4.05. The van der Waals surface area contributed by atoms with Gasteiger partial charge in [0, 0.05) is 0 Å². The first-order valence-electron chi connectivity index (χ1n) is 8.57. The molecule has 5 heteroatoms. The number of rotatable bonds is 7. The molecule has 0 heterocycles. The average Bonchev–Trinajstić information content (AvgIpc) is 2.69. The van der Waals surface area contributed by atoms with Gasteiger partial charge >= 0.3 is 0 Å². The zero-order chi connectivity index (χ0) is 19.4. The minimum atomic E-state index is -3.32. The lowest BCUT2D eigenvalue weighted by Gasteiger charge is -2.03. The van der Waals surface area contributed by atoms with Crippen molar-refractivity contribution in [3.05, 3.63) is 108 Å². The highest BCUT2D eigenvalue weighted by Gasteiger charge is 2.00. The van der Waals surface area contributed by atoms with Crippen LogP contribution in [0.15, 0.2) is 91.0 Å². The van der Waals surface area contributed by atoms with Crippen LogP contribution in [0.1, 0.15) is 16.7 Å². The minimum Gasteiger partial charge on any atom is -0.372 e. The Morgan fingerprint density at radius 2 is 0.926 bits per heavy atom. The summed E-state index contributed by atoms with van der Waals surface area (Å²) in [6, 6.07) is 29.6. The second kappa shape index (κ2) is 11.3. The van der Waals surface area contributed by atoms with Gasteiger partial charge in [-0.05, 0) is 16.7 Å². The zero-order valence-electron chi connectivity index (χ0n) is 15.3. The summed E-state index contributed by atoms with van der Waals surface area (Å²) >= 11 is 0. The van der Waals surface area contributed by atoms with Crippen LogP contribution in [0.25, 0.3) is 0 Å². The Balaban J connectivity index is 0.000000199. The first kappa shape index (κ1) is 20.8. The lowest BCUT2D eigenvalue weighted by molar-refractivity contribution is 0.107. The molecule has 142 valence electrons. The Kier molecular flexibility index (Phi) is 8.71. The van der Waals surface area contributed by atoms with Crippen molar-refractivity contribution in [2.75, 3.05) is 6.26 Å². The fraction of sp³-hybridized carbons (Fsp3) is 0.182. The van der Waals surface area contributed by atoms with Crippen LogP contribution in [0, 0.1) is 0 Å². The van der Waals surface area contributed by atoms with Crippen LogP contribution in [-0.2, 0) is 38.9 Å². The molecule has 0 aliphatic heterocycles. The lowest BCUT2D eigenvalue weighted by Crippen LogP contribution is -2.02. The molecule has 27 heavy (non-hydrogen) atoms. The maximum atomic E-state index is 10.6. The Morgan fingerprint density at radius 1 is 0.593 bits per heavy atom. The van der Waals surface area contributed by atoms with Crippen molar-refractivity contribution in [1.29, 1.82) is 0 Å². The summed E-state index contributed by atoms with van der Waals surface area (Å²) in [5.41, 5.74) is 3.28. The average molecular weight is 384 g/mol. The molecule has 0 aromatic heterocycles. The van der Waals surface area contributed by atoms with Gasteiger partial charge in [-0.1, -0.05) is 91.0 Å². The fourth-order valence-electron chi connectivity index (χ4n) is 2.18. The summed E-state index contributed by atoms with van der Waals surface area (Å²) in [5.74, 6) is 0. The molecule has 0 unspecified atom stereocenters. The van der Waals surface area contributed by atoms with Crippen LogP contribution in [0.4, 0.5) is 0 Å². The smallest absolute Gasteiger partial charge is 0.264 e. The molecule has 3 aromatic rings. The highest BCUT2D eigenvalue weighted by Crippen LogP contribution is 2.05. The standard InChI is InChI=1S/C14H14O.C8H10O3S/c1-3-7-13(8-4-1)11-15-12-14-9-5-2-6-10-14;1-12(9,10)11-7-8-5-3-2-4-6-8/h1-10H,11-12H2;2-6H,7H2,1H3. The molecular formula is C22H24O4S. The van der Waals surface area contributed by atoms with E-state index in [2.05, 4.69) is 28.4 Å². The number of hydrogen-bond acceptors (Lipinski definition) is 4. The summed E-state index contributed by atoms with van der Waals surface area (Å²) in [5, 5.41) is 0. The summed E-state index contributed by atoms with van der Waals surface area (Å²) in [6.07, 6.45) is 1.04. The first-order chi connectivity index (χ1) is 13.0. The summed E-state index contributed by atoms with van der Waals surface area (Å²) in [6.45, 7) is 1.46. The zero-order valence-corrected chi connectivity index (χ0v) is 16.1. The van der Waals surface area contributed by atoms with E-state index in [1.807, 2.05) is 66.7 Å². The Hall–Kier alpha value is -2.47. The Bertz CT molecular complexity index is 824. The van der Waals surface area contributed by atoms with E-state index in [0.717, 1.165) is 11.8 Å². The predicted octanol–water partition coefficient (Wildman–Crippen LogP) is 4.57. The molecule has 0 atom stereocenters. The van der Waals surface area contributed by atoms with Gasteiger partial charge in [-0.3, -0.25) is 4.18 Å². The SMILES string of the molecule is CS(=O)(=O)OCc1ccccc1.c1ccc(COCc2ccccc2)cc1. The van der Waals surface area contributed by atoms with Crippen molar-refractivity contribution in [2.45, 2.75) is 19.8 Å². The van der Waals surface area contributed by atoms with E-state index in [9.17, 15) is 8.42 Å². The second-order valence-electron chi connectivity index (χ2n) is 5.92. The van der Waals surface area contributed by atoms with Crippen LogP contribution in [0.5, 0.6) is 0 Å². The van der Waals surface area contributed by atoms with Crippen LogP contribution >= 0.6 is 0 Å². The molecule has 0 amide bonds. The summed E-state index contributed by atoms with van der Waals surface area (Å²) < 4.78 is 31.4. The predicted molar refractivity (Wildman–Crippen MR) is 107 cm³/mol. The molecule has 0 aliphatic carbocycles. The van der Waals surface area contributed by atoms with Gasteiger partial charge < -0.3 is 4.74 Å². The number of benzene rings is 3. The van der Waals surface area contributed by atoms with Gasteiger partial charge in [0.25, 0.3) is 10.1 Å². The third kappa shape index (κ3) is 9.70.